The topological polar surface area (TPSA) is 16.4 Å². The van der Waals surface area contributed by atoms with Crippen LogP contribution in [0.15, 0.2) is 217 Å². The van der Waals surface area contributed by atoms with Crippen molar-refractivity contribution in [3.8, 4) is 0 Å². The van der Waals surface area contributed by atoms with Gasteiger partial charge in [0.25, 0.3) is 0 Å². The number of hydrogen-bond acceptors (Lipinski definition) is 2. The Morgan fingerprint density at radius 3 is 2.25 bits per heavy atom. The molecule has 0 bridgehead atoms. The summed E-state index contributed by atoms with van der Waals surface area (Å²) < 4.78 is 7.04. The quantitative estimate of drug-likeness (QED) is 0.103. The molecule has 6 aliphatic carbocycles. The predicted octanol–water partition coefficient (Wildman–Crippen LogP) is 14.7. The largest absolute Gasteiger partial charge is 0.455 e. The van der Waals surface area contributed by atoms with E-state index in [1.807, 2.05) is 12.2 Å². The summed E-state index contributed by atoms with van der Waals surface area (Å²) in [7, 11) is 0. The van der Waals surface area contributed by atoms with Crippen LogP contribution in [0.25, 0.3) is 49.1 Å². The Labute approximate surface area is 351 Å². The van der Waals surface area contributed by atoms with Gasteiger partial charge in [-0.15, -0.1) is 0 Å². The van der Waals surface area contributed by atoms with Gasteiger partial charge in [0.1, 0.15) is 16.9 Å². The third-order valence-corrected chi connectivity index (χ3v) is 14.4. The van der Waals surface area contributed by atoms with Crippen LogP contribution in [0.2, 0.25) is 0 Å². The van der Waals surface area contributed by atoms with Gasteiger partial charge in [-0.05, 0) is 137 Å². The summed E-state index contributed by atoms with van der Waals surface area (Å²) in [5, 5.41) is 7.18. The Kier molecular flexibility index (Phi) is 7.56. The fourth-order valence-corrected chi connectivity index (χ4v) is 11.9. The molecule has 2 heteroatoms. The van der Waals surface area contributed by atoms with E-state index >= 15 is 0 Å². The van der Waals surface area contributed by atoms with Crippen LogP contribution < -0.4 is 0 Å². The maximum atomic E-state index is 7.04. The number of furan rings is 1. The molecule has 1 aromatic heterocycles. The second-order valence-corrected chi connectivity index (χ2v) is 17.8. The number of piperidine rings is 1. The lowest BCUT2D eigenvalue weighted by Crippen LogP contribution is -2.59. The van der Waals surface area contributed by atoms with Gasteiger partial charge in [0.15, 0.2) is 0 Å². The first-order valence-electron chi connectivity index (χ1n) is 21.7. The van der Waals surface area contributed by atoms with E-state index < -0.39 is 5.54 Å². The molecule has 0 N–H and O–H groups in total. The van der Waals surface area contributed by atoms with Crippen LogP contribution in [-0.4, -0.2) is 10.4 Å². The lowest BCUT2D eigenvalue weighted by atomic mass is 9.52. The summed E-state index contributed by atoms with van der Waals surface area (Å²) in [5.41, 5.74) is 29.4. The third-order valence-electron chi connectivity index (χ3n) is 14.4. The molecule has 0 amide bonds. The summed E-state index contributed by atoms with van der Waals surface area (Å²) in [6.07, 6.45) is 31.8. The minimum Gasteiger partial charge on any atom is -0.455 e. The molecule has 2 nitrogen and oxygen atoms in total. The highest BCUT2D eigenvalue weighted by Gasteiger charge is 2.59. The molecule has 2 heterocycles. The van der Waals surface area contributed by atoms with E-state index in [0.29, 0.717) is 11.8 Å². The van der Waals surface area contributed by atoms with Crippen LogP contribution in [0.1, 0.15) is 58.9 Å². The summed E-state index contributed by atoms with van der Waals surface area (Å²) >= 11 is 0. The van der Waals surface area contributed by atoms with Crippen molar-refractivity contribution >= 4 is 49.1 Å². The Balaban J connectivity index is 1.04. The van der Waals surface area contributed by atoms with Crippen molar-refractivity contribution in [2.24, 2.45) is 17.3 Å². The molecule has 0 radical (unpaired) electrons. The molecule has 1 fully saturated rings. The Morgan fingerprint density at radius 2 is 1.43 bits per heavy atom. The van der Waals surface area contributed by atoms with Crippen molar-refractivity contribution in [2.75, 3.05) is 0 Å². The van der Waals surface area contributed by atoms with Crippen molar-refractivity contribution < 1.29 is 4.42 Å². The highest BCUT2D eigenvalue weighted by molar-refractivity contribution is 6.30. The van der Waals surface area contributed by atoms with Gasteiger partial charge in [-0.1, -0.05) is 146 Å². The molecule has 7 aliphatic rings. The highest BCUT2D eigenvalue weighted by Crippen LogP contribution is 2.64. The lowest BCUT2D eigenvalue weighted by Gasteiger charge is -2.61. The highest BCUT2D eigenvalue weighted by atomic mass is 16.3. The molecule has 288 valence electrons. The number of rotatable bonds is 4. The minimum atomic E-state index is -0.509. The molecule has 5 aromatic rings. The number of allylic oxidation sites excluding steroid dienone is 16. The number of likely N-dealkylation sites (tertiary alicyclic amines) is 1. The predicted molar refractivity (Wildman–Crippen MR) is 248 cm³/mol. The molecule has 4 atom stereocenters. The molecule has 4 aromatic carbocycles. The molecule has 1 aliphatic heterocycles. The van der Waals surface area contributed by atoms with Crippen LogP contribution in [0.4, 0.5) is 0 Å². The molecule has 0 spiro atoms. The molecule has 0 saturated carbocycles. The Hall–Kier alpha value is -6.74. The summed E-state index contributed by atoms with van der Waals surface area (Å²) in [4.78, 5) is 2.58. The molecule has 4 unspecified atom stereocenters. The third kappa shape index (κ3) is 4.74. The fraction of sp³-hybridized carbons (Fsp3) is 0.207. The lowest BCUT2D eigenvalue weighted by molar-refractivity contribution is 0.211. The molecular weight excluding hydrogens is 727 g/mol. The van der Waals surface area contributed by atoms with Gasteiger partial charge in [0.2, 0.25) is 0 Å². The van der Waals surface area contributed by atoms with E-state index in [1.165, 1.54) is 66.1 Å². The second kappa shape index (κ2) is 12.9. The Bertz CT molecular complexity index is 3360. The number of benzene rings is 4. The van der Waals surface area contributed by atoms with E-state index in [2.05, 4.69) is 183 Å². The smallest absolute Gasteiger partial charge is 0.143 e. The van der Waals surface area contributed by atoms with Crippen LogP contribution in [0.3, 0.4) is 0 Å². The van der Waals surface area contributed by atoms with E-state index in [0.717, 1.165) is 64.6 Å². The molecule has 1 saturated heterocycles. The van der Waals surface area contributed by atoms with Crippen molar-refractivity contribution in [1.82, 2.24) is 4.90 Å². The molecule has 12 rings (SSSR count). The van der Waals surface area contributed by atoms with Crippen LogP contribution in [0.5, 0.6) is 0 Å². The van der Waals surface area contributed by atoms with Gasteiger partial charge in [0.05, 0.1) is 11.2 Å². The van der Waals surface area contributed by atoms with Crippen molar-refractivity contribution in [2.45, 2.75) is 58.9 Å². The van der Waals surface area contributed by atoms with Crippen LogP contribution in [0, 0.1) is 17.3 Å². The summed E-state index contributed by atoms with van der Waals surface area (Å²) in [6.45, 7) is 9.70. The van der Waals surface area contributed by atoms with E-state index in [-0.39, 0.29) is 5.41 Å². The van der Waals surface area contributed by atoms with E-state index in [9.17, 15) is 0 Å². The van der Waals surface area contributed by atoms with Crippen molar-refractivity contribution in [1.29, 1.82) is 0 Å². The monoisotopic (exact) mass is 771 g/mol. The Morgan fingerprint density at radius 1 is 0.700 bits per heavy atom. The number of hydrogen-bond donors (Lipinski definition) is 0. The van der Waals surface area contributed by atoms with Crippen LogP contribution >= 0.6 is 0 Å². The van der Waals surface area contributed by atoms with Crippen LogP contribution in [-0.2, 0) is 0 Å². The van der Waals surface area contributed by atoms with Gasteiger partial charge >= 0.3 is 0 Å². The zero-order chi connectivity index (χ0) is 40.3. The standard InChI is InChI=1S/C58H45NO/c1-36-32-33-57(3)48-29-13-15-31-51(48)59(58(4)49(38-18-6-5-7-19-38)34-37(2)52(36)56(57)58)50-30-14-12-22-41(50)39-20-16-21-40(35-39)42-27-17-28-47-53-45-25-10-8-23-43(45)44-24-9-11-26-46(44)55(53)60-54(42)47/h5-6,8-13,17-18,21-29,32-37H,7,16,19-20H2,1-4H3. The van der Waals surface area contributed by atoms with Crippen molar-refractivity contribution in [3.05, 3.63) is 219 Å². The molecule has 60 heavy (non-hydrogen) atoms. The average Bonchev–Trinajstić information content (AvgIpc) is 3.70. The minimum absolute atomic E-state index is 0.298. The van der Waals surface area contributed by atoms with E-state index in [4.69, 9.17) is 4.42 Å². The SMILES string of the molecule is CC1C=CC2(C)C3=CC=C=C=C3N(C3=C=C=CC=C3C3=CC(c4cccc5c4oc4c6ccccc6c6ccccc6c54)=CCC3)C3(C)C(C4=CC=CCC4)=CC(C)C1=C23. The van der Waals surface area contributed by atoms with E-state index in [1.54, 1.807) is 0 Å². The fourth-order valence-electron chi connectivity index (χ4n) is 11.9. The first-order valence-corrected chi connectivity index (χ1v) is 21.7. The first-order chi connectivity index (χ1) is 29.4. The first kappa shape index (κ1) is 35.2. The summed E-state index contributed by atoms with van der Waals surface area (Å²) in [5.74, 6) is 0.646. The van der Waals surface area contributed by atoms with Crippen molar-refractivity contribution in [3.63, 3.8) is 0 Å². The zero-order valence-electron chi connectivity index (χ0n) is 34.6. The maximum Gasteiger partial charge on any atom is 0.143 e. The number of para-hydroxylation sites is 1. The zero-order valence-corrected chi connectivity index (χ0v) is 34.6. The number of nitrogens with zero attached hydrogens (tertiary/aromatic N) is 1. The van der Waals surface area contributed by atoms with Gasteiger partial charge in [-0.25, -0.2) is 0 Å². The van der Waals surface area contributed by atoms with Gasteiger partial charge in [-0.3, -0.25) is 0 Å². The maximum absolute atomic E-state index is 7.04. The normalized spacial score (nSPS) is 26.4. The summed E-state index contributed by atoms with van der Waals surface area (Å²) in [6, 6.07) is 24.1. The average molecular weight is 772 g/mol. The van der Waals surface area contributed by atoms with Gasteiger partial charge < -0.3 is 9.32 Å². The molecular formula is C58H45NO. The van der Waals surface area contributed by atoms with Gasteiger partial charge in [-0.2, -0.15) is 0 Å². The number of fused-ring (bicyclic) bond motifs is 10. The van der Waals surface area contributed by atoms with Gasteiger partial charge in [0, 0.05) is 32.7 Å². The second-order valence-electron chi connectivity index (χ2n) is 17.8.